The monoisotopic (exact) mass is 732 g/mol. The number of nitrogens with one attached hydrogen (secondary N) is 4. The van der Waals surface area contributed by atoms with E-state index in [1.165, 1.54) is 0 Å². The summed E-state index contributed by atoms with van der Waals surface area (Å²) in [6, 6.07) is 5.69. The van der Waals surface area contributed by atoms with Crippen LogP contribution in [0.3, 0.4) is 0 Å². The number of carbonyl (C=O) groups is 2. The van der Waals surface area contributed by atoms with E-state index in [2.05, 4.69) is 120 Å². The molecule has 0 saturated heterocycles. The van der Waals surface area contributed by atoms with Gasteiger partial charge < -0.3 is 37.7 Å². The van der Waals surface area contributed by atoms with Gasteiger partial charge in [0.05, 0.1) is 0 Å². The molecule has 16 heteroatoms. The van der Waals surface area contributed by atoms with Crippen molar-refractivity contribution < 1.29 is 26.0 Å². The fourth-order valence-corrected chi connectivity index (χ4v) is 30.0. The van der Waals surface area contributed by atoms with E-state index < -0.39 is 50.4 Å². The molecule has 0 bridgehead atoms. The van der Waals surface area contributed by atoms with Crippen molar-refractivity contribution >= 4 is 73.8 Å². The second kappa shape index (κ2) is 16.3. The standard InChI is InChI=1S/C29H64N4O6Si6/c1-24-18-19-26(32-28(34)30-20-17-21-44(15,36-40(3,4)5)37-41(6,7)8)22-27(24)33-29(35)31-23-25(2)45(16,38-42(9,10)11)39-43(12,13)14/h18-19,22,25H,17,20-21,23H2,1-16H3,(H2,30,32,34)(H2,31,33,35). The largest absolute Gasteiger partial charge is 0.437 e. The third-order valence-electron chi connectivity index (χ3n) is 6.36. The molecule has 10 nitrogen and oxygen atoms in total. The van der Waals surface area contributed by atoms with Gasteiger partial charge in [-0.25, -0.2) is 9.59 Å². The highest BCUT2D eigenvalue weighted by Crippen LogP contribution is 2.31. The van der Waals surface area contributed by atoms with Crippen molar-refractivity contribution in [1.29, 1.82) is 0 Å². The Bertz CT molecular complexity index is 1100. The van der Waals surface area contributed by atoms with E-state index in [4.69, 9.17) is 16.5 Å². The zero-order valence-corrected chi connectivity index (χ0v) is 37.1. The molecule has 260 valence electrons. The van der Waals surface area contributed by atoms with Crippen LogP contribution in [0, 0.1) is 6.92 Å². The fourth-order valence-electron chi connectivity index (χ4n) is 5.08. The minimum absolute atomic E-state index is 0.0595. The van der Waals surface area contributed by atoms with Crippen molar-refractivity contribution in [2.45, 2.75) is 124 Å². The Labute approximate surface area is 280 Å². The van der Waals surface area contributed by atoms with Crippen LogP contribution in [0.25, 0.3) is 0 Å². The smallest absolute Gasteiger partial charge is 0.319 e. The van der Waals surface area contributed by atoms with Crippen LogP contribution in [-0.2, 0) is 16.5 Å². The first-order valence-electron chi connectivity index (χ1n) is 16.1. The van der Waals surface area contributed by atoms with E-state index in [1.807, 2.05) is 19.1 Å². The Hall–Kier alpha value is -1.10. The maximum atomic E-state index is 12.9. The predicted molar refractivity (Wildman–Crippen MR) is 205 cm³/mol. The van der Waals surface area contributed by atoms with Gasteiger partial charge in [0.1, 0.15) is 0 Å². The van der Waals surface area contributed by atoms with Gasteiger partial charge in [-0.2, -0.15) is 0 Å². The number of hydrogen-bond donors (Lipinski definition) is 4. The van der Waals surface area contributed by atoms with Crippen molar-refractivity contribution in [3.05, 3.63) is 23.8 Å². The van der Waals surface area contributed by atoms with Crippen LogP contribution in [-0.4, -0.2) is 75.5 Å². The van der Waals surface area contributed by atoms with E-state index in [9.17, 15) is 9.59 Å². The number of carbonyl (C=O) groups excluding carboxylic acids is 2. The van der Waals surface area contributed by atoms with Gasteiger partial charge in [-0.05, 0) is 129 Å². The third kappa shape index (κ3) is 18.1. The topological polar surface area (TPSA) is 119 Å². The van der Waals surface area contributed by atoms with E-state index in [0.717, 1.165) is 18.0 Å². The van der Waals surface area contributed by atoms with Gasteiger partial charge in [0.15, 0.2) is 33.3 Å². The maximum Gasteiger partial charge on any atom is 0.319 e. The maximum absolute atomic E-state index is 12.9. The molecule has 0 radical (unpaired) electrons. The Balaban J connectivity index is 2.76. The number of benzene rings is 1. The van der Waals surface area contributed by atoms with Gasteiger partial charge >= 0.3 is 29.2 Å². The fraction of sp³-hybridized carbons (Fsp3) is 0.724. The van der Waals surface area contributed by atoms with Crippen molar-refractivity contribution in [2.24, 2.45) is 0 Å². The van der Waals surface area contributed by atoms with E-state index >= 15 is 0 Å². The lowest BCUT2D eigenvalue weighted by molar-refractivity contribution is 0.251. The first-order chi connectivity index (χ1) is 20.1. The number of aryl methyl sites for hydroxylation is 1. The van der Waals surface area contributed by atoms with Crippen LogP contribution in [0.2, 0.25) is 103 Å². The van der Waals surface area contributed by atoms with Gasteiger partial charge in [-0.3, -0.25) is 0 Å². The molecule has 0 aromatic heterocycles. The summed E-state index contributed by atoms with van der Waals surface area (Å²) in [4.78, 5) is 25.7. The molecule has 1 rings (SSSR count). The first kappa shape index (κ1) is 41.9. The highest BCUT2D eigenvalue weighted by molar-refractivity contribution is 6.88. The second-order valence-electron chi connectivity index (χ2n) is 16.3. The second-order valence-corrected chi connectivity index (χ2v) is 42.2. The molecule has 45 heavy (non-hydrogen) atoms. The minimum Gasteiger partial charge on any atom is -0.437 e. The lowest BCUT2D eigenvalue weighted by atomic mass is 10.2. The Morgan fingerprint density at radius 2 is 1.16 bits per heavy atom. The summed E-state index contributed by atoms with van der Waals surface area (Å²) < 4.78 is 26.4. The Morgan fingerprint density at radius 1 is 0.689 bits per heavy atom. The summed E-state index contributed by atoms with van der Waals surface area (Å²) >= 11 is 0. The predicted octanol–water partition coefficient (Wildman–Crippen LogP) is 8.57. The third-order valence-corrected chi connectivity index (χ3v) is 26.1. The SMILES string of the molecule is Cc1ccc(NC(=O)NCCC[Si](C)(O[Si](C)(C)C)O[Si](C)(C)C)cc1NC(=O)NCC(C)[Si](C)(O[Si](C)(C)C)O[Si](C)(C)C. The molecule has 0 fully saturated rings. The summed E-state index contributed by atoms with van der Waals surface area (Å²) in [6.07, 6.45) is 0.776. The van der Waals surface area contributed by atoms with Crippen LogP contribution in [0.5, 0.6) is 0 Å². The molecule has 4 N–H and O–H groups in total. The zero-order chi connectivity index (χ0) is 35.1. The molecule has 0 aliphatic carbocycles. The molecule has 1 aromatic carbocycles. The lowest BCUT2D eigenvalue weighted by Crippen LogP contribution is -2.56. The highest BCUT2D eigenvalue weighted by Gasteiger charge is 2.45. The van der Waals surface area contributed by atoms with Gasteiger partial charge in [0.2, 0.25) is 0 Å². The van der Waals surface area contributed by atoms with Crippen LogP contribution >= 0.6 is 0 Å². The lowest BCUT2D eigenvalue weighted by Gasteiger charge is -2.42. The van der Waals surface area contributed by atoms with Gasteiger partial charge in [0.25, 0.3) is 0 Å². The van der Waals surface area contributed by atoms with Gasteiger partial charge in [0, 0.05) is 30.0 Å². The number of amides is 4. The molecular weight excluding hydrogens is 669 g/mol. The molecule has 0 saturated carbocycles. The molecule has 0 aliphatic rings. The first-order valence-corrected chi connectivity index (χ1v) is 34.7. The number of rotatable bonds is 17. The van der Waals surface area contributed by atoms with Crippen molar-refractivity contribution in [1.82, 2.24) is 10.6 Å². The number of urea groups is 2. The summed E-state index contributed by atoms with van der Waals surface area (Å²) in [5, 5.41) is 11.8. The van der Waals surface area contributed by atoms with E-state index in [-0.39, 0.29) is 17.6 Å². The zero-order valence-electron chi connectivity index (χ0n) is 31.1. The van der Waals surface area contributed by atoms with Crippen LogP contribution < -0.4 is 21.3 Å². The summed E-state index contributed by atoms with van der Waals surface area (Å²) in [6.45, 7) is 35.5. The molecule has 1 atom stereocenters. The van der Waals surface area contributed by atoms with Gasteiger partial charge in [-0.1, -0.05) is 13.0 Å². The summed E-state index contributed by atoms with van der Waals surface area (Å²) in [5.74, 6) is 0. The van der Waals surface area contributed by atoms with Crippen LogP contribution in [0.4, 0.5) is 21.0 Å². The molecule has 4 amide bonds. The molecule has 0 heterocycles. The van der Waals surface area contributed by atoms with Crippen LogP contribution in [0.1, 0.15) is 18.9 Å². The molecule has 0 spiro atoms. The Kier molecular flexibility index (Phi) is 15.2. The summed E-state index contributed by atoms with van der Waals surface area (Å²) in [7, 11) is -12.1. The van der Waals surface area contributed by atoms with Crippen molar-refractivity contribution in [3.8, 4) is 0 Å². The average Bonchev–Trinajstić information content (AvgIpc) is 2.77. The van der Waals surface area contributed by atoms with Crippen LogP contribution in [0.15, 0.2) is 18.2 Å². The molecule has 0 aliphatic heterocycles. The van der Waals surface area contributed by atoms with Crippen molar-refractivity contribution in [3.63, 3.8) is 0 Å². The Morgan fingerprint density at radius 3 is 1.62 bits per heavy atom. The average molecular weight is 733 g/mol. The number of hydrogen-bond acceptors (Lipinski definition) is 6. The molecular formula is C29H64N4O6Si6. The normalized spacial score (nSPS) is 14.1. The molecule has 1 unspecified atom stereocenters. The number of anilines is 2. The van der Waals surface area contributed by atoms with E-state index in [1.54, 1.807) is 6.07 Å². The van der Waals surface area contributed by atoms with Gasteiger partial charge in [-0.15, -0.1) is 0 Å². The summed E-state index contributed by atoms with van der Waals surface area (Å²) in [5.41, 5.74) is 2.17. The quantitative estimate of drug-likeness (QED) is 0.0942. The van der Waals surface area contributed by atoms with Crippen molar-refractivity contribution in [2.75, 3.05) is 23.7 Å². The highest BCUT2D eigenvalue weighted by atomic mass is 28.5. The molecule has 1 aromatic rings. The van der Waals surface area contributed by atoms with E-state index in [0.29, 0.717) is 24.5 Å². The minimum atomic E-state index is -2.55.